The molecule has 0 saturated carbocycles. The number of anilines is 1. The standard InChI is InChI=1S/C17H22N2S/c1-12(10-15-4-3-9-20-15)19(2)17-8-5-13-11-14(18)6-7-16(13)17/h3-4,6-7,9,11-12,17H,5,8,10,18H2,1-2H3. The fourth-order valence-corrected chi connectivity index (χ4v) is 4.04. The zero-order chi connectivity index (χ0) is 14.1. The number of thiophene rings is 1. The normalized spacial score (nSPS) is 19.2. The third-order valence-corrected chi connectivity index (χ3v) is 5.38. The van der Waals surface area contributed by atoms with E-state index in [-0.39, 0.29) is 0 Å². The van der Waals surface area contributed by atoms with Crippen LogP contribution in [0.2, 0.25) is 0 Å². The molecule has 20 heavy (non-hydrogen) atoms. The fraction of sp³-hybridized carbons (Fsp3) is 0.412. The number of aryl methyl sites for hydroxylation is 1. The summed E-state index contributed by atoms with van der Waals surface area (Å²) in [7, 11) is 2.26. The van der Waals surface area contributed by atoms with E-state index in [2.05, 4.69) is 48.5 Å². The molecule has 0 bridgehead atoms. The van der Waals surface area contributed by atoms with Gasteiger partial charge >= 0.3 is 0 Å². The van der Waals surface area contributed by atoms with Gasteiger partial charge in [-0.25, -0.2) is 0 Å². The third kappa shape index (κ3) is 2.60. The molecule has 106 valence electrons. The monoisotopic (exact) mass is 286 g/mol. The van der Waals surface area contributed by atoms with Gasteiger partial charge in [0, 0.05) is 22.6 Å². The molecule has 0 saturated heterocycles. The van der Waals surface area contributed by atoms with Crippen molar-refractivity contribution in [2.75, 3.05) is 12.8 Å². The Hall–Kier alpha value is -1.32. The maximum atomic E-state index is 5.89. The van der Waals surface area contributed by atoms with E-state index in [0.29, 0.717) is 12.1 Å². The van der Waals surface area contributed by atoms with Gasteiger partial charge in [-0.2, -0.15) is 0 Å². The van der Waals surface area contributed by atoms with Crippen molar-refractivity contribution in [2.24, 2.45) is 0 Å². The van der Waals surface area contributed by atoms with E-state index in [1.54, 1.807) is 0 Å². The van der Waals surface area contributed by atoms with Crippen molar-refractivity contribution in [3.05, 3.63) is 51.7 Å². The van der Waals surface area contributed by atoms with Crippen LogP contribution in [0.15, 0.2) is 35.7 Å². The fourth-order valence-electron chi connectivity index (χ4n) is 3.21. The molecule has 0 amide bonds. The molecule has 2 N–H and O–H groups in total. The van der Waals surface area contributed by atoms with E-state index in [9.17, 15) is 0 Å². The number of likely N-dealkylation sites (N-methyl/N-ethyl adjacent to an activating group) is 1. The molecule has 2 atom stereocenters. The quantitative estimate of drug-likeness (QED) is 0.864. The molecular weight excluding hydrogens is 264 g/mol. The van der Waals surface area contributed by atoms with Crippen molar-refractivity contribution in [2.45, 2.75) is 38.3 Å². The summed E-state index contributed by atoms with van der Waals surface area (Å²) in [5.74, 6) is 0. The third-order valence-electron chi connectivity index (χ3n) is 4.48. The SMILES string of the molecule is CC(Cc1cccs1)N(C)C1CCc2cc(N)ccc21. The van der Waals surface area contributed by atoms with Gasteiger partial charge < -0.3 is 5.73 Å². The predicted molar refractivity (Wildman–Crippen MR) is 87.2 cm³/mol. The van der Waals surface area contributed by atoms with E-state index in [0.717, 1.165) is 18.5 Å². The molecule has 3 rings (SSSR count). The molecule has 3 heteroatoms. The van der Waals surface area contributed by atoms with Crippen molar-refractivity contribution in [3.8, 4) is 0 Å². The number of fused-ring (bicyclic) bond motifs is 1. The van der Waals surface area contributed by atoms with Crippen molar-refractivity contribution < 1.29 is 0 Å². The topological polar surface area (TPSA) is 29.3 Å². The van der Waals surface area contributed by atoms with Crippen LogP contribution in [0.1, 0.15) is 35.4 Å². The Labute approximate surface area is 125 Å². The second-order valence-corrected chi connectivity index (χ2v) is 6.84. The molecular formula is C17H22N2S. The Morgan fingerprint density at radius 3 is 3.00 bits per heavy atom. The van der Waals surface area contributed by atoms with Gasteiger partial charge in [-0.3, -0.25) is 4.90 Å². The summed E-state index contributed by atoms with van der Waals surface area (Å²) in [5, 5.41) is 2.16. The smallest absolute Gasteiger partial charge is 0.0353 e. The van der Waals surface area contributed by atoms with Crippen molar-refractivity contribution >= 4 is 17.0 Å². The summed E-state index contributed by atoms with van der Waals surface area (Å²) in [5.41, 5.74) is 9.69. The minimum Gasteiger partial charge on any atom is -0.399 e. The minimum absolute atomic E-state index is 0.542. The van der Waals surface area contributed by atoms with Gasteiger partial charge in [0.15, 0.2) is 0 Å². The van der Waals surface area contributed by atoms with Crippen LogP contribution in [0, 0.1) is 0 Å². The number of hydrogen-bond donors (Lipinski definition) is 1. The summed E-state index contributed by atoms with van der Waals surface area (Å²) < 4.78 is 0. The van der Waals surface area contributed by atoms with Crippen LogP contribution in [-0.2, 0) is 12.8 Å². The van der Waals surface area contributed by atoms with Crippen molar-refractivity contribution in [1.29, 1.82) is 0 Å². The Balaban J connectivity index is 1.74. The van der Waals surface area contributed by atoms with Gasteiger partial charge in [0.05, 0.1) is 0 Å². The van der Waals surface area contributed by atoms with E-state index in [1.165, 1.54) is 22.4 Å². The van der Waals surface area contributed by atoms with Crippen molar-refractivity contribution in [3.63, 3.8) is 0 Å². The number of benzene rings is 1. The van der Waals surface area contributed by atoms with Gasteiger partial charge in [-0.05, 0) is 67.9 Å². The molecule has 0 radical (unpaired) electrons. The highest BCUT2D eigenvalue weighted by Gasteiger charge is 2.28. The molecule has 1 aliphatic rings. The zero-order valence-electron chi connectivity index (χ0n) is 12.2. The average Bonchev–Trinajstić information content (AvgIpc) is 3.06. The maximum absolute atomic E-state index is 5.89. The summed E-state index contributed by atoms with van der Waals surface area (Å²) in [6.45, 7) is 2.33. The largest absolute Gasteiger partial charge is 0.399 e. The van der Waals surface area contributed by atoms with Crippen LogP contribution in [0.25, 0.3) is 0 Å². The first-order chi connectivity index (χ1) is 9.65. The van der Waals surface area contributed by atoms with Crippen LogP contribution in [0.4, 0.5) is 5.69 Å². The van der Waals surface area contributed by atoms with Crippen LogP contribution in [0.3, 0.4) is 0 Å². The van der Waals surface area contributed by atoms with Crippen LogP contribution >= 0.6 is 11.3 Å². The number of hydrogen-bond acceptors (Lipinski definition) is 3. The number of nitrogen functional groups attached to an aromatic ring is 1. The lowest BCUT2D eigenvalue weighted by Gasteiger charge is -2.31. The van der Waals surface area contributed by atoms with E-state index in [4.69, 9.17) is 5.73 Å². The summed E-state index contributed by atoms with van der Waals surface area (Å²) in [4.78, 5) is 4.00. The highest BCUT2D eigenvalue weighted by atomic mass is 32.1. The molecule has 1 aliphatic carbocycles. The van der Waals surface area contributed by atoms with Gasteiger partial charge in [0.1, 0.15) is 0 Å². The molecule has 2 nitrogen and oxygen atoms in total. The lowest BCUT2D eigenvalue weighted by atomic mass is 10.0. The Morgan fingerprint density at radius 2 is 2.25 bits per heavy atom. The summed E-state index contributed by atoms with van der Waals surface area (Å²) in [6.07, 6.45) is 3.50. The zero-order valence-corrected chi connectivity index (χ0v) is 13.0. The van der Waals surface area contributed by atoms with Crippen LogP contribution < -0.4 is 5.73 Å². The molecule has 1 aromatic heterocycles. The predicted octanol–water partition coefficient (Wildman–Crippen LogP) is 3.88. The maximum Gasteiger partial charge on any atom is 0.0353 e. The van der Waals surface area contributed by atoms with Crippen LogP contribution in [0.5, 0.6) is 0 Å². The van der Waals surface area contributed by atoms with Gasteiger partial charge in [-0.1, -0.05) is 12.1 Å². The number of nitrogens with zero attached hydrogens (tertiary/aromatic N) is 1. The molecule has 2 unspecified atom stereocenters. The van der Waals surface area contributed by atoms with Gasteiger partial charge in [0.2, 0.25) is 0 Å². The number of rotatable bonds is 4. The number of nitrogens with two attached hydrogens (primary N) is 1. The van der Waals surface area contributed by atoms with E-state index >= 15 is 0 Å². The highest BCUT2D eigenvalue weighted by Crippen LogP contribution is 2.37. The Kier molecular flexibility index (Phi) is 3.81. The first-order valence-electron chi connectivity index (χ1n) is 7.28. The highest BCUT2D eigenvalue weighted by molar-refractivity contribution is 7.09. The Morgan fingerprint density at radius 1 is 1.40 bits per heavy atom. The lowest BCUT2D eigenvalue weighted by molar-refractivity contribution is 0.184. The summed E-state index contributed by atoms with van der Waals surface area (Å²) in [6, 6.07) is 11.9. The van der Waals surface area contributed by atoms with Gasteiger partial charge in [-0.15, -0.1) is 11.3 Å². The first-order valence-corrected chi connectivity index (χ1v) is 8.15. The lowest BCUT2D eigenvalue weighted by Crippen LogP contribution is -2.33. The Bertz CT molecular complexity index is 577. The van der Waals surface area contributed by atoms with E-state index < -0.39 is 0 Å². The summed E-state index contributed by atoms with van der Waals surface area (Å²) >= 11 is 1.86. The molecule has 1 heterocycles. The first kappa shape index (κ1) is 13.7. The molecule has 0 spiro atoms. The molecule has 2 aromatic rings. The van der Waals surface area contributed by atoms with E-state index in [1.807, 2.05) is 17.4 Å². The van der Waals surface area contributed by atoms with Gasteiger partial charge in [0.25, 0.3) is 0 Å². The molecule has 0 fully saturated rings. The average molecular weight is 286 g/mol. The second kappa shape index (κ2) is 5.58. The van der Waals surface area contributed by atoms with Crippen LogP contribution in [-0.4, -0.2) is 18.0 Å². The molecule has 1 aromatic carbocycles. The second-order valence-electron chi connectivity index (χ2n) is 5.81. The van der Waals surface area contributed by atoms with Crippen molar-refractivity contribution in [1.82, 2.24) is 4.90 Å². The minimum atomic E-state index is 0.542. The molecule has 0 aliphatic heterocycles.